The number of aromatic amines is 1. The molecule has 94 valence electrons. The molecule has 3 aromatic rings. The van der Waals surface area contributed by atoms with Crippen molar-refractivity contribution in [3.8, 4) is 0 Å². The average molecular weight is 248 g/mol. The first-order valence-corrected chi connectivity index (χ1v) is 6.82. The third kappa shape index (κ3) is 1.75. The van der Waals surface area contributed by atoms with Crippen LogP contribution in [0.25, 0.3) is 11.0 Å². The van der Waals surface area contributed by atoms with Crippen LogP contribution >= 0.6 is 0 Å². The standard InChI is InChI=1S/C17H16N2/c1-11-6-7-15-16(8-11)19-17(18-15)14-9-12-4-2-3-5-13(12)10-14/h2-8,14H,9-10H2,1H3,(H,18,19). The number of benzene rings is 2. The second kappa shape index (κ2) is 3.95. The molecule has 2 nitrogen and oxygen atoms in total. The molecule has 0 radical (unpaired) electrons. The minimum Gasteiger partial charge on any atom is -0.342 e. The van der Waals surface area contributed by atoms with Crippen molar-refractivity contribution in [3.63, 3.8) is 0 Å². The summed E-state index contributed by atoms with van der Waals surface area (Å²) in [5.41, 5.74) is 6.47. The first kappa shape index (κ1) is 10.8. The molecule has 1 aliphatic carbocycles. The lowest BCUT2D eigenvalue weighted by atomic mass is 10.1. The molecule has 0 spiro atoms. The zero-order valence-corrected chi connectivity index (χ0v) is 11.0. The summed E-state index contributed by atoms with van der Waals surface area (Å²) in [4.78, 5) is 8.27. The van der Waals surface area contributed by atoms with Gasteiger partial charge in [0.2, 0.25) is 0 Å². The SMILES string of the molecule is Cc1ccc2nc(C3Cc4ccccc4C3)[nH]c2c1. The number of imidazole rings is 1. The largest absolute Gasteiger partial charge is 0.342 e. The van der Waals surface area contributed by atoms with Gasteiger partial charge in [-0.15, -0.1) is 0 Å². The molecular formula is C17H16N2. The van der Waals surface area contributed by atoms with Gasteiger partial charge in [-0.2, -0.15) is 0 Å². The van der Waals surface area contributed by atoms with E-state index in [1.807, 2.05) is 0 Å². The molecule has 0 fully saturated rings. The second-order valence-electron chi connectivity index (χ2n) is 5.52. The van der Waals surface area contributed by atoms with Crippen molar-refractivity contribution in [1.29, 1.82) is 0 Å². The minimum atomic E-state index is 0.505. The Morgan fingerprint density at radius 2 is 1.79 bits per heavy atom. The van der Waals surface area contributed by atoms with Crippen LogP contribution in [-0.4, -0.2) is 9.97 Å². The first-order valence-electron chi connectivity index (χ1n) is 6.82. The highest BCUT2D eigenvalue weighted by Crippen LogP contribution is 2.33. The summed E-state index contributed by atoms with van der Waals surface area (Å²) in [7, 11) is 0. The normalized spacial score (nSPS) is 15.0. The van der Waals surface area contributed by atoms with Crippen LogP contribution in [0.2, 0.25) is 0 Å². The van der Waals surface area contributed by atoms with Crippen LogP contribution in [0.15, 0.2) is 42.5 Å². The smallest absolute Gasteiger partial charge is 0.111 e. The summed E-state index contributed by atoms with van der Waals surface area (Å²) in [6.45, 7) is 2.12. The summed E-state index contributed by atoms with van der Waals surface area (Å²) < 4.78 is 0. The summed E-state index contributed by atoms with van der Waals surface area (Å²) in [5, 5.41) is 0. The molecule has 2 aromatic carbocycles. The van der Waals surface area contributed by atoms with E-state index in [1.54, 1.807) is 0 Å². The Bertz CT molecular complexity index is 730. The lowest BCUT2D eigenvalue weighted by Gasteiger charge is -2.03. The van der Waals surface area contributed by atoms with Crippen molar-refractivity contribution in [3.05, 3.63) is 65.0 Å². The second-order valence-corrected chi connectivity index (χ2v) is 5.52. The summed E-state index contributed by atoms with van der Waals surface area (Å²) in [6.07, 6.45) is 2.21. The fourth-order valence-corrected chi connectivity index (χ4v) is 3.09. The molecule has 0 atom stereocenters. The third-order valence-corrected chi connectivity index (χ3v) is 4.09. The van der Waals surface area contributed by atoms with E-state index in [1.165, 1.54) is 16.7 Å². The Morgan fingerprint density at radius 1 is 1.05 bits per heavy atom. The van der Waals surface area contributed by atoms with Gasteiger partial charge in [0, 0.05) is 5.92 Å². The Labute approximate surface area is 112 Å². The molecule has 0 saturated heterocycles. The van der Waals surface area contributed by atoms with E-state index in [0.717, 1.165) is 29.7 Å². The summed E-state index contributed by atoms with van der Waals surface area (Å²) in [6, 6.07) is 15.1. The number of aromatic nitrogens is 2. The van der Waals surface area contributed by atoms with Gasteiger partial charge >= 0.3 is 0 Å². The van der Waals surface area contributed by atoms with Crippen molar-refractivity contribution in [2.24, 2.45) is 0 Å². The third-order valence-electron chi connectivity index (χ3n) is 4.09. The number of nitrogens with one attached hydrogen (secondary N) is 1. The predicted molar refractivity (Wildman–Crippen MR) is 77.4 cm³/mol. The maximum absolute atomic E-state index is 4.76. The van der Waals surface area contributed by atoms with E-state index >= 15 is 0 Å². The minimum absolute atomic E-state index is 0.505. The topological polar surface area (TPSA) is 28.7 Å². The molecule has 0 amide bonds. The lowest BCUT2D eigenvalue weighted by molar-refractivity contribution is 0.697. The van der Waals surface area contributed by atoms with E-state index in [0.29, 0.717) is 5.92 Å². The Balaban J connectivity index is 1.73. The van der Waals surface area contributed by atoms with Gasteiger partial charge in [-0.3, -0.25) is 0 Å². The maximum atomic E-state index is 4.76. The van der Waals surface area contributed by atoms with Gasteiger partial charge in [0.25, 0.3) is 0 Å². The van der Waals surface area contributed by atoms with E-state index in [4.69, 9.17) is 4.98 Å². The van der Waals surface area contributed by atoms with Crippen molar-refractivity contribution in [2.45, 2.75) is 25.7 Å². The Kier molecular flexibility index (Phi) is 2.25. The highest BCUT2D eigenvalue weighted by atomic mass is 14.9. The zero-order chi connectivity index (χ0) is 12.8. The quantitative estimate of drug-likeness (QED) is 0.698. The van der Waals surface area contributed by atoms with Crippen LogP contribution in [-0.2, 0) is 12.8 Å². The van der Waals surface area contributed by atoms with E-state index in [9.17, 15) is 0 Å². The molecule has 1 heterocycles. The molecule has 1 N–H and O–H groups in total. The molecule has 0 saturated carbocycles. The molecule has 4 rings (SSSR count). The maximum Gasteiger partial charge on any atom is 0.111 e. The number of hydrogen-bond donors (Lipinski definition) is 1. The number of H-pyrrole nitrogens is 1. The van der Waals surface area contributed by atoms with Gasteiger partial charge in [0.15, 0.2) is 0 Å². The average Bonchev–Trinajstić information content (AvgIpc) is 3.00. The Hall–Kier alpha value is -2.09. The van der Waals surface area contributed by atoms with Crippen LogP contribution in [0, 0.1) is 6.92 Å². The molecule has 0 bridgehead atoms. The lowest BCUT2D eigenvalue weighted by Crippen LogP contribution is -1.99. The number of fused-ring (bicyclic) bond motifs is 2. The number of rotatable bonds is 1. The van der Waals surface area contributed by atoms with Gasteiger partial charge < -0.3 is 4.98 Å². The predicted octanol–water partition coefficient (Wildman–Crippen LogP) is 3.75. The molecule has 1 aliphatic rings. The summed E-state index contributed by atoms with van der Waals surface area (Å²) >= 11 is 0. The number of hydrogen-bond acceptors (Lipinski definition) is 1. The van der Waals surface area contributed by atoms with Gasteiger partial charge in [-0.1, -0.05) is 30.3 Å². The van der Waals surface area contributed by atoms with Crippen molar-refractivity contribution in [1.82, 2.24) is 9.97 Å². The van der Waals surface area contributed by atoms with Gasteiger partial charge in [0.05, 0.1) is 11.0 Å². The molecule has 2 heteroatoms. The highest BCUT2D eigenvalue weighted by molar-refractivity contribution is 5.76. The van der Waals surface area contributed by atoms with E-state index < -0.39 is 0 Å². The van der Waals surface area contributed by atoms with Crippen LogP contribution < -0.4 is 0 Å². The number of nitrogens with zero attached hydrogens (tertiary/aromatic N) is 1. The summed E-state index contributed by atoms with van der Waals surface area (Å²) in [5.74, 6) is 1.64. The van der Waals surface area contributed by atoms with E-state index in [2.05, 4.69) is 54.4 Å². The molecular weight excluding hydrogens is 232 g/mol. The molecule has 1 aromatic heterocycles. The van der Waals surface area contributed by atoms with Gasteiger partial charge in [-0.25, -0.2) is 4.98 Å². The van der Waals surface area contributed by atoms with Crippen molar-refractivity contribution < 1.29 is 0 Å². The van der Waals surface area contributed by atoms with Crippen molar-refractivity contribution in [2.75, 3.05) is 0 Å². The molecule has 0 unspecified atom stereocenters. The van der Waals surface area contributed by atoms with Crippen LogP contribution in [0.4, 0.5) is 0 Å². The van der Waals surface area contributed by atoms with Crippen LogP contribution in [0.1, 0.15) is 28.4 Å². The van der Waals surface area contributed by atoms with E-state index in [-0.39, 0.29) is 0 Å². The van der Waals surface area contributed by atoms with Crippen LogP contribution in [0.5, 0.6) is 0 Å². The monoisotopic (exact) mass is 248 g/mol. The zero-order valence-electron chi connectivity index (χ0n) is 11.0. The Morgan fingerprint density at radius 3 is 2.53 bits per heavy atom. The fraction of sp³-hybridized carbons (Fsp3) is 0.235. The van der Waals surface area contributed by atoms with Gasteiger partial charge in [0.1, 0.15) is 5.82 Å². The van der Waals surface area contributed by atoms with Crippen molar-refractivity contribution >= 4 is 11.0 Å². The fourth-order valence-electron chi connectivity index (χ4n) is 3.09. The number of aryl methyl sites for hydroxylation is 1. The highest BCUT2D eigenvalue weighted by Gasteiger charge is 2.24. The molecule has 19 heavy (non-hydrogen) atoms. The van der Waals surface area contributed by atoms with Crippen LogP contribution in [0.3, 0.4) is 0 Å². The van der Waals surface area contributed by atoms with Gasteiger partial charge in [-0.05, 0) is 48.6 Å². The molecule has 0 aliphatic heterocycles. The first-order chi connectivity index (χ1) is 9.29.